The van der Waals surface area contributed by atoms with Crippen LogP contribution in [0.1, 0.15) is 6.42 Å². The summed E-state index contributed by atoms with van der Waals surface area (Å²) in [5.74, 6) is 0.323. The van der Waals surface area contributed by atoms with Gasteiger partial charge in [-0.05, 0) is 18.2 Å². The van der Waals surface area contributed by atoms with Gasteiger partial charge in [0, 0.05) is 38.1 Å². The minimum Gasteiger partial charge on any atom is -0.495 e. The molecule has 0 fully saturated rings. The highest BCUT2D eigenvalue weighted by Crippen LogP contribution is 2.26. The lowest BCUT2D eigenvalue weighted by Crippen LogP contribution is -2.24. The number of amides is 1. The summed E-state index contributed by atoms with van der Waals surface area (Å²) in [6.07, 6.45) is 3.49. The highest BCUT2D eigenvalue weighted by Gasteiger charge is 2.09. The molecular weight excluding hydrogens is 272 g/mol. The van der Waals surface area contributed by atoms with Gasteiger partial charge in [-0.1, -0.05) is 0 Å². The van der Waals surface area contributed by atoms with Crippen molar-refractivity contribution in [3.8, 4) is 5.75 Å². The predicted octanol–water partition coefficient (Wildman–Crippen LogP) is 0.806. The standard InChI is InChI=1S/C14H18N4O3/c1-17-7-8-18(14(17)20)6-5-13(19)16-11-9-10(15)3-4-12(11)21-2/h3-4,7-9H,5-6,15H2,1-2H3,(H,16,19). The van der Waals surface area contributed by atoms with Crippen LogP contribution in [-0.2, 0) is 18.4 Å². The quantitative estimate of drug-likeness (QED) is 0.797. The lowest BCUT2D eigenvalue weighted by atomic mass is 10.2. The van der Waals surface area contributed by atoms with Gasteiger partial charge in [0.2, 0.25) is 5.91 Å². The average Bonchev–Trinajstić information content (AvgIpc) is 2.77. The first-order chi connectivity index (χ1) is 10.0. The second kappa shape index (κ2) is 6.17. The molecule has 3 N–H and O–H groups in total. The van der Waals surface area contributed by atoms with Crippen molar-refractivity contribution in [2.75, 3.05) is 18.2 Å². The van der Waals surface area contributed by atoms with Gasteiger partial charge in [-0.2, -0.15) is 0 Å². The first-order valence-corrected chi connectivity index (χ1v) is 6.46. The summed E-state index contributed by atoms with van der Waals surface area (Å²) in [6, 6.07) is 5.01. The lowest BCUT2D eigenvalue weighted by molar-refractivity contribution is -0.116. The first kappa shape index (κ1) is 14.7. The molecule has 0 radical (unpaired) electrons. The minimum atomic E-state index is -0.213. The molecule has 21 heavy (non-hydrogen) atoms. The topological polar surface area (TPSA) is 91.3 Å². The molecule has 0 aliphatic rings. The van der Waals surface area contributed by atoms with Crippen molar-refractivity contribution in [3.05, 3.63) is 41.1 Å². The van der Waals surface area contributed by atoms with Crippen molar-refractivity contribution in [2.45, 2.75) is 13.0 Å². The molecule has 0 saturated heterocycles. The van der Waals surface area contributed by atoms with E-state index in [1.54, 1.807) is 37.6 Å². The van der Waals surface area contributed by atoms with Crippen LogP contribution in [0.15, 0.2) is 35.4 Å². The number of benzene rings is 1. The molecule has 0 aliphatic heterocycles. The maximum atomic E-state index is 12.0. The second-order valence-corrected chi connectivity index (χ2v) is 4.64. The fourth-order valence-corrected chi connectivity index (χ4v) is 1.94. The van der Waals surface area contributed by atoms with Crippen molar-refractivity contribution in [2.24, 2.45) is 7.05 Å². The maximum absolute atomic E-state index is 12.0. The molecule has 0 spiro atoms. The molecule has 1 aromatic carbocycles. The smallest absolute Gasteiger partial charge is 0.327 e. The van der Waals surface area contributed by atoms with Crippen molar-refractivity contribution < 1.29 is 9.53 Å². The highest BCUT2D eigenvalue weighted by atomic mass is 16.5. The van der Waals surface area contributed by atoms with E-state index in [9.17, 15) is 9.59 Å². The van der Waals surface area contributed by atoms with E-state index in [0.29, 0.717) is 23.7 Å². The summed E-state index contributed by atoms with van der Waals surface area (Å²) in [5.41, 5.74) is 6.59. The number of aromatic nitrogens is 2. The molecule has 112 valence electrons. The monoisotopic (exact) mass is 290 g/mol. The van der Waals surface area contributed by atoms with Crippen LogP contribution < -0.4 is 21.5 Å². The summed E-state index contributed by atoms with van der Waals surface area (Å²) in [7, 11) is 3.18. The van der Waals surface area contributed by atoms with E-state index >= 15 is 0 Å². The number of imidazole rings is 1. The van der Waals surface area contributed by atoms with E-state index in [0.717, 1.165) is 0 Å². The zero-order chi connectivity index (χ0) is 15.4. The third-order valence-electron chi connectivity index (χ3n) is 3.10. The zero-order valence-corrected chi connectivity index (χ0v) is 12.0. The predicted molar refractivity (Wildman–Crippen MR) is 80.3 cm³/mol. The third kappa shape index (κ3) is 3.44. The van der Waals surface area contributed by atoms with Gasteiger partial charge in [0.25, 0.3) is 0 Å². The molecule has 2 aromatic rings. The van der Waals surface area contributed by atoms with Crippen LogP contribution in [0.4, 0.5) is 11.4 Å². The summed E-state index contributed by atoms with van der Waals surface area (Å²) in [5, 5.41) is 2.73. The molecule has 0 saturated carbocycles. The number of hydrogen-bond acceptors (Lipinski definition) is 4. The van der Waals surface area contributed by atoms with Crippen molar-refractivity contribution in [3.63, 3.8) is 0 Å². The Balaban J connectivity index is 2.00. The normalized spacial score (nSPS) is 10.4. The molecule has 7 nitrogen and oxygen atoms in total. The summed E-state index contributed by atoms with van der Waals surface area (Å²) in [4.78, 5) is 23.6. The van der Waals surface area contributed by atoms with Crippen molar-refractivity contribution >= 4 is 17.3 Å². The Morgan fingerprint density at radius 2 is 2.14 bits per heavy atom. The third-order valence-corrected chi connectivity index (χ3v) is 3.10. The Kier molecular flexibility index (Phi) is 4.32. The zero-order valence-electron chi connectivity index (χ0n) is 12.0. The van der Waals surface area contributed by atoms with E-state index in [-0.39, 0.29) is 18.0 Å². The van der Waals surface area contributed by atoms with Gasteiger partial charge < -0.3 is 20.4 Å². The van der Waals surface area contributed by atoms with Gasteiger partial charge in [0.05, 0.1) is 12.8 Å². The number of rotatable bonds is 5. The summed E-state index contributed by atoms with van der Waals surface area (Å²) < 4.78 is 8.10. The number of nitrogen functional groups attached to an aromatic ring is 1. The number of ether oxygens (including phenoxy) is 1. The molecular formula is C14H18N4O3. The number of carbonyl (C=O) groups excluding carboxylic acids is 1. The van der Waals surface area contributed by atoms with Gasteiger partial charge in [-0.15, -0.1) is 0 Å². The number of methoxy groups -OCH3 is 1. The molecule has 0 unspecified atom stereocenters. The van der Waals surface area contributed by atoms with Crippen LogP contribution in [0, 0.1) is 0 Å². The summed E-state index contributed by atoms with van der Waals surface area (Å²) in [6.45, 7) is 0.316. The van der Waals surface area contributed by atoms with E-state index in [2.05, 4.69) is 5.32 Å². The van der Waals surface area contributed by atoms with Crippen LogP contribution in [0.2, 0.25) is 0 Å². The van der Waals surface area contributed by atoms with Gasteiger partial charge in [-0.3, -0.25) is 9.36 Å². The largest absolute Gasteiger partial charge is 0.495 e. The van der Waals surface area contributed by atoms with E-state index in [1.165, 1.54) is 16.2 Å². The number of hydrogen-bond donors (Lipinski definition) is 2. The molecule has 1 heterocycles. The number of carbonyl (C=O) groups is 1. The second-order valence-electron chi connectivity index (χ2n) is 4.64. The van der Waals surface area contributed by atoms with Crippen LogP contribution >= 0.6 is 0 Å². The highest BCUT2D eigenvalue weighted by molar-refractivity contribution is 5.92. The van der Waals surface area contributed by atoms with E-state index in [1.807, 2.05) is 0 Å². The molecule has 1 aromatic heterocycles. The van der Waals surface area contributed by atoms with Crippen molar-refractivity contribution in [1.29, 1.82) is 0 Å². The van der Waals surface area contributed by atoms with Gasteiger partial charge in [0.15, 0.2) is 0 Å². The van der Waals surface area contributed by atoms with Gasteiger partial charge in [0.1, 0.15) is 5.75 Å². The van der Waals surface area contributed by atoms with Crippen molar-refractivity contribution in [1.82, 2.24) is 9.13 Å². The van der Waals surface area contributed by atoms with E-state index in [4.69, 9.17) is 10.5 Å². The molecule has 2 rings (SSSR count). The average molecular weight is 290 g/mol. The number of nitrogens with one attached hydrogen (secondary N) is 1. The van der Waals surface area contributed by atoms with Crippen LogP contribution in [0.25, 0.3) is 0 Å². The summed E-state index contributed by atoms with van der Waals surface area (Å²) >= 11 is 0. The molecule has 7 heteroatoms. The first-order valence-electron chi connectivity index (χ1n) is 6.46. The Labute approximate surface area is 121 Å². The fourth-order valence-electron chi connectivity index (χ4n) is 1.94. The molecule has 0 bridgehead atoms. The Bertz CT molecular complexity index is 702. The Morgan fingerprint density at radius 1 is 1.38 bits per heavy atom. The lowest BCUT2D eigenvalue weighted by Gasteiger charge is -2.11. The number of aryl methyl sites for hydroxylation is 2. The fraction of sp³-hybridized carbons (Fsp3) is 0.286. The molecule has 1 amide bonds. The van der Waals surface area contributed by atoms with E-state index < -0.39 is 0 Å². The maximum Gasteiger partial charge on any atom is 0.327 e. The number of nitrogens with zero attached hydrogens (tertiary/aromatic N) is 2. The van der Waals surface area contributed by atoms with Crippen LogP contribution in [0.5, 0.6) is 5.75 Å². The van der Waals surface area contributed by atoms with Crippen LogP contribution in [-0.4, -0.2) is 22.2 Å². The number of anilines is 2. The SMILES string of the molecule is COc1ccc(N)cc1NC(=O)CCn1ccn(C)c1=O. The van der Waals surface area contributed by atoms with Crippen LogP contribution in [0.3, 0.4) is 0 Å². The molecule has 0 aliphatic carbocycles. The van der Waals surface area contributed by atoms with Gasteiger partial charge >= 0.3 is 5.69 Å². The molecule has 0 atom stereocenters. The minimum absolute atomic E-state index is 0.149. The Morgan fingerprint density at radius 3 is 2.76 bits per heavy atom. The number of nitrogens with two attached hydrogens (primary N) is 1. The Hall–Kier alpha value is -2.70. The van der Waals surface area contributed by atoms with Gasteiger partial charge in [-0.25, -0.2) is 4.79 Å².